The maximum absolute atomic E-state index is 10.3. The van der Waals surface area contributed by atoms with E-state index in [0.29, 0.717) is 5.75 Å². The van der Waals surface area contributed by atoms with E-state index in [-0.39, 0.29) is 0 Å². The Morgan fingerprint density at radius 3 is 2.59 bits per heavy atom. The Morgan fingerprint density at radius 1 is 1.00 bits per heavy atom. The normalized spacial score (nSPS) is 16.7. The number of phenolic OH excluding ortho intramolecular Hbond substituents is 1. The molecule has 88 valence electrons. The summed E-state index contributed by atoms with van der Waals surface area (Å²) < 4.78 is 0. The molecule has 2 heteroatoms. The SMILES string of the molecule is Oc1c(CN2CCCC2)ccc2ccccc12. The maximum Gasteiger partial charge on any atom is 0.127 e. The molecule has 2 nitrogen and oxygen atoms in total. The molecule has 0 amide bonds. The largest absolute Gasteiger partial charge is 0.507 e. The highest BCUT2D eigenvalue weighted by Gasteiger charge is 2.14. The number of benzene rings is 2. The van der Waals surface area contributed by atoms with E-state index in [1.54, 1.807) is 0 Å². The minimum Gasteiger partial charge on any atom is -0.507 e. The number of rotatable bonds is 2. The van der Waals surface area contributed by atoms with Crippen LogP contribution in [-0.2, 0) is 6.54 Å². The third-order valence-electron chi connectivity index (χ3n) is 3.58. The van der Waals surface area contributed by atoms with Crippen molar-refractivity contribution >= 4 is 10.8 Å². The summed E-state index contributed by atoms with van der Waals surface area (Å²) in [5.41, 5.74) is 1.05. The van der Waals surface area contributed by atoms with E-state index in [2.05, 4.69) is 17.0 Å². The van der Waals surface area contributed by atoms with Gasteiger partial charge in [0, 0.05) is 17.5 Å². The summed E-state index contributed by atoms with van der Waals surface area (Å²) in [7, 11) is 0. The Labute approximate surface area is 101 Å². The summed E-state index contributed by atoms with van der Waals surface area (Å²) in [4.78, 5) is 2.41. The minimum atomic E-state index is 0.454. The average molecular weight is 227 g/mol. The van der Waals surface area contributed by atoms with E-state index in [4.69, 9.17) is 0 Å². The molecule has 0 aromatic heterocycles. The highest BCUT2D eigenvalue weighted by Crippen LogP contribution is 2.29. The first-order valence-corrected chi connectivity index (χ1v) is 6.26. The molecule has 0 aliphatic carbocycles. The molecule has 1 saturated heterocycles. The van der Waals surface area contributed by atoms with Gasteiger partial charge < -0.3 is 5.11 Å². The van der Waals surface area contributed by atoms with Crippen LogP contribution in [0, 0.1) is 0 Å². The quantitative estimate of drug-likeness (QED) is 0.852. The number of likely N-dealkylation sites (tertiary alicyclic amines) is 1. The first kappa shape index (κ1) is 10.6. The van der Waals surface area contributed by atoms with Crippen molar-refractivity contribution in [3.8, 4) is 5.75 Å². The molecule has 0 bridgehead atoms. The van der Waals surface area contributed by atoms with E-state index < -0.39 is 0 Å². The number of phenols is 1. The molecule has 0 saturated carbocycles. The van der Waals surface area contributed by atoms with Gasteiger partial charge in [-0.2, -0.15) is 0 Å². The van der Waals surface area contributed by atoms with Gasteiger partial charge >= 0.3 is 0 Å². The van der Waals surface area contributed by atoms with E-state index in [1.807, 2.05) is 24.3 Å². The maximum atomic E-state index is 10.3. The number of nitrogens with zero attached hydrogens (tertiary/aromatic N) is 1. The second-order valence-electron chi connectivity index (χ2n) is 4.78. The van der Waals surface area contributed by atoms with Crippen molar-refractivity contribution in [2.24, 2.45) is 0 Å². The monoisotopic (exact) mass is 227 g/mol. The second-order valence-corrected chi connectivity index (χ2v) is 4.78. The molecular formula is C15H17NO. The van der Waals surface area contributed by atoms with Gasteiger partial charge in [0.25, 0.3) is 0 Å². The Hall–Kier alpha value is -1.54. The van der Waals surface area contributed by atoms with Gasteiger partial charge in [0.05, 0.1) is 0 Å². The van der Waals surface area contributed by atoms with Gasteiger partial charge in [-0.1, -0.05) is 36.4 Å². The molecule has 1 aliphatic heterocycles. The molecule has 1 N–H and O–H groups in total. The Bertz CT molecular complexity index is 529. The third-order valence-corrected chi connectivity index (χ3v) is 3.58. The molecule has 1 aliphatic rings. The fraction of sp³-hybridized carbons (Fsp3) is 0.333. The van der Waals surface area contributed by atoms with Crippen LogP contribution in [0.4, 0.5) is 0 Å². The lowest BCUT2D eigenvalue weighted by Gasteiger charge is -2.16. The predicted octanol–water partition coefficient (Wildman–Crippen LogP) is 3.14. The first-order valence-electron chi connectivity index (χ1n) is 6.26. The van der Waals surface area contributed by atoms with Gasteiger partial charge in [0.15, 0.2) is 0 Å². The van der Waals surface area contributed by atoms with Crippen LogP contribution in [0.1, 0.15) is 18.4 Å². The molecule has 17 heavy (non-hydrogen) atoms. The Kier molecular flexibility index (Phi) is 2.73. The van der Waals surface area contributed by atoms with E-state index in [1.165, 1.54) is 12.8 Å². The van der Waals surface area contributed by atoms with Crippen LogP contribution in [0.2, 0.25) is 0 Å². The van der Waals surface area contributed by atoms with Crippen LogP contribution < -0.4 is 0 Å². The number of hydrogen-bond donors (Lipinski definition) is 1. The predicted molar refractivity (Wildman–Crippen MR) is 70.1 cm³/mol. The smallest absolute Gasteiger partial charge is 0.127 e. The van der Waals surface area contributed by atoms with Crippen molar-refractivity contribution in [2.75, 3.05) is 13.1 Å². The van der Waals surface area contributed by atoms with Crippen LogP contribution in [0.15, 0.2) is 36.4 Å². The summed E-state index contributed by atoms with van der Waals surface area (Å²) in [6.07, 6.45) is 2.57. The lowest BCUT2D eigenvalue weighted by Crippen LogP contribution is -2.18. The lowest BCUT2D eigenvalue weighted by atomic mass is 10.1. The third kappa shape index (κ3) is 2.01. The number of aromatic hydroxyl groups is 1. The van der Waals surface area contributed by atoms with Crippen LogP contribution in [0.3, 0.4) is 0 Å². The van der Waals surface area contributed by atoms with Gasteiger partial charge in [-0.15, -0.1) is 0 Å². The van der Waals surface area contributed by atoms with E-state index in [0.717, 1.165) is 36.0 Å². The molecule has 0 spiro atoms. The summed E-state index contributed by atoms with van der Waals surface area (Å²) in [6.45, 7) is 3.19. The molecule has 2 aromatic rings. The average Bonchev–Trinajstić information content (AvgIpc) is 2.86. The fourth-order valence-electron chi connectivity index (χ4n) is 2.61. The number of fused-ring (bicyclic) bond motifs is 1. The topological polar surface area (TPSA) is 23.5 Å². The molecular weight excluding hydrogens is 210 g/mol. The van der Waals surface area contributed by atoms with Crippen molar-refractivity contribution in [1.29, 1.82) is 0 Å². The van der Waals surface area contributed by atoms with Gasteiger partial charge in [0.1, 0.15) is 5.75 Å². The highest BCUT2D eigenvalue weighted by molar-refractivity contribution is 5.89. The molecule has 3 rings (SSSR count). The highest BCUT2D eigenvalue weighted by atomic mass is 16.3. The molecule has 1 fully saturated rings. The summed E-state index contributed by atoms with van der Waals surface area (Å²) >= 11 is 0. The second kappa shape index (κ2) is 4.38. The van der Waals surface area contributed by atoms with Crippen molar-refractivity contribution in [2.45, 2.75) is 19.4 Å². The zero-order valence-corrected chi connectivity index (χ0v) is 9.89. The molecule has 2 aromatic carbocycles. The Balaban J connectivity index is 1.96. The van der Waals surface area contributed by atoms with Crippen LogP contribution >= 0.6 is 0 Å². The van der Waals surface area contributed by atoms with Crippen LogP contribution in [0.25, 0.3) is 10.8 Å². The van der Waals surface area contributed by atoms with Crippen molar-refractivity contribution in [3.63, 3.8) is 0 Å². The zero-order valence-electron chi connectivity index (χ0n) is 9.89. The van der Waals surface area contributed by atoms with Crippen molar-refractivity contribution in [1.82, 2.24) is 4.90 Å². The van der Waals surface area contributed by atoms with Crippen molar-refractivity contribution in [3.05, 3.63) is 42.0 Å². The Morgan fingerprint density at radius 2 is 1.76 bits per heavy atom. The van der Waals surface area contributed by atoms with Gasteiger partial charge in [-0.25, -0.2) is 0 Å². The lowest BCUT2D eigenvalue weighted by molar-refractivity contribution is 0.325. The van der Waals surface area contributed by atoms with Crippen molar-refractivity contribution < 1.29 is 5.11 Å². The van der Waals surface area contributed by atoms with Gasteiger partial charge in [0.2, 0.25) is 0 Å². The fourth-order valence-corrected chi connectivity index (χ4v) is 2.61. The van der Waals surface area contributed by atoms with Crippen LogP contribution in [0.5, 0.6) is 5.75 Å². The zero-order chi connectivity index (χ0) is 11.7. The number of hydrogen-bond acceptors (Lipinski definition) is 2. The van der Waals surface area contributed by atoms with E-state index in [9.17, 15) is 5.11 Å². The molecule has 1 heterocycles. The summed E-state index contributed by atoms with van der Waals surface area (Å²) in [5.74, 6) is 0.454. The summed E-state index contributed by atoms with van der Waals surface area (Å²) in [5, 5.41) is 12.4. The van der Waals surface area contributed by atoms with Crippen LogP contribution in [-0.4, -0.2) is 23.1 Å². The first-order chi connectivity index (χ1) is 8.34. The molecule has 0 atom stereocenters. The molecule has 0 radical (unpaired) electrons. The van der Waals surface area contributed by atoms with Gasteiger partial charge in [-0.3, -0.25) is 4.90 Å². The molecule has 0 unspecified atom stereocenters. The minimum absolute atomic E-state index is 0.454. The summed E-state index contributed by atoms with van der Waals surface area (Å²) in [6, 6.07) is 12.1. The standard InChI is InChI=1S/C15H17NO/c17-15-13(11-16-9-3-4-10-16)8-7-12-5-1-2-6-14(12)15/h1-2,5-8,17H,3-4,9-11H2. The van der Waals surface area contributed by atoms with E-state index >= 15 is 0 Å². The van der Waals surface area contributed by atoms with Gasteiger partial charge in [-0.05, 0) is 31.3 Å².